The molecule has 1 aromatic heterocycles. The van der Waals surface area contributed by atoms with E-state index < -0.39 is 5.82 Å². The molecule has 5 nitrogen and oxygen atoms in total. The maximum Gasteiger partial charge on any atom is 0.224 e. The van der Waals surface area contributed by atoms with E-state index in [1.54, 1.807) is 0 Å². The second kappa shape index (κ2) is 5.95. The predicted octanol–water partition coefficient (Wildman–Crippen LogP) is 2.97. The number of benzene rings is 1. The van der Waals surface area contributed by atoms with Gasteiger partial charge in [-0.1, -0.05) is 12.1 Å². The molecule has 0 aliphatic carbocycles. The van der Waals surface area contributed by atoms with E-state index in [-0.39, 0.29) is 5.82 Å². The Balaban J connectivity index is 2.05. The molecule has 0 unspecified atom stereocenters. The number of hydrogen-bond acceptors (Lipinski definition) is 5. The van der Waals surface area contributed by atoms with Crippen molar-refractivity contribution in [2.75, 3.05) is 29.9 Å². The minimum atomic E-state index is -0.437. The summed E-state index contributed by atoms with van der Waals surface area (Å²) in [7, 11) is 0. The van der Waals surface area contributed by atoms with Gasteiger partial charge >= 0.3 is 0 Å². The van der Waals surface area contributed by atoms with Crippen LogP contribution in [-0.4, -0.2) is 29.7 Å². The Hall–Kier alpha value is -2.37. The molecule has 110 valence electrons. The first kappa shape index (κ1) is 13.6. The highest BCUT2D eigenvalue weighted by Crippen LogP contribution is 2.36. The predicted molar refractivity (Wildman–Crippen MR) is 79.7 cm³/mol. The molecule has 6 heteroatoms. The highest BCUT2D eigenvalue weighted by Gasteiger charge is 2.22. The van der Waals surface area contributed by atoms with E-state index in [1.807, 2.05) is 36.1 Å². The highest BCUT2D eigenvalue weighted by atomic mass is 19.1. The quantitative estimate of drug-likeness (QED) is 0.941. The van der Waals surface area contributed by atoms with Gasteiger partial charge in [0.1, 0.15) is 5.75 Å². The minimum absolute atomic E-state index is 0.277. The Morgan fingerprint density at radius 2 is 2.24 bits per heavy atom. The van der Waals surface area contributed by atoms with Gasteiger partial charge in [0.2, 0.25) is 5.95 Å². The summed E-state index contributed by atoms with van der Waals surface area (Å²) in [4.78, 5) is 10.1. The van der Waals surface area contributed by atoms with Crippen LogP contribution in [0, 0.1) is 5.82 Å². The number of halogens is 1. The van der Waals surface area contributed by atoms with Gasteiger partial charge in [0.25, 0.3) is 0 Å². The zero-order valence-corrected chi connectivity index (χ0v) is 11.8. The first-order valence-corrected chi connectivity index (χ1v) is 7.05. The van der Waals surface area contributed by atoms with Crippen molar-refractivity contribution in [2.45, 2.75) is 13.3 Å². The van der Waals surface area contributed by atoms with Gasteiger partial charge < -0.3 is 15.0 Å². The summed E-state index contributed by atoms with van der Waals surface area (Å²) in [5.41, 5.74) is 0.829. The number of nitrogens with zero attached hydrogens (tertiary/aromatic N) is 3. The zero-order chi connectivity index (χ0) is 14.7. The summed E-state index contributed by atoms with van der Waals surface area (Å²) >= 11 is 0. The number of aromatic nitrogens is 2. The van der Waals surface area contributed by atoms with Gasteiger partial charge in [-0.25, -0.2) is 9.37 Å². The molecule has 1 N–H and O–H groups in total. The summed E-state index contributed by atoms with van der Waals surface area (Å²) in [5.74, 6) is 1.02. The van der Waals surface area contributed by atoms with E-state index in [9.17, 15) is 4.39 Å². The van der Waals surface area contributed by atoms with Gasteiger partial charge in [-0.3, -0.25) is 0 Å². The van der Waals surface area contributed by atoms with Crippen LogP contribution in [0.25, 0.3) is 0 Å². The fraction of sp³-hybridized carbons (Fsp3) is 0.333. The highest BCUT2D eigenvalue weighted by molar-refractivity contribution is 5.68. The Morgan fingerprint density at radius 3 is 3.10 bits per heavy atom. The lowest BCUT2D eigenvalue weighted by Crippen LogP contribution is -2.21. The van der Waals surface area contributed by atoms with Crippen LogP contribution in [0.1, 0.15) is 13.3 Å². The van der Waals surface area contributed by atoms with Crippen LogP contribution >= 0.6 is 0 Å². The average molecular weight is 288 g/mol. The van der Waals surface area contributed by atoms with Crippen molar-refractivity contribution in [1.29, 1.82) is 0 Å². The molecule has 0 saturated carbocycles. The van der Waals surface area contributed by atoms with E-state index in [0.717, 1.165) is 17.9 Å². The van der Waals surface area contributed by atoms with Crippen molar-refractivity contribution < 1.29 is 9.13 Å². The summed E-state index contributed by atoms with van der Waals surface area (Å²) in [5, 5.41) is 3.01. The van der Waals surface area contributed by atoms with Crippen molar-refractivity contribution >= 4 is 17.5 Å². The molecule has 0 bridgehead atoms. The number of para-hydroxylation sites is 2. The molecule has 0 fully saturated rings. The topological polar surface area (TPSA) is 50.3 Å². The van der Waals surface area contributed by atoms with Crippen molar-refractivity contribution in [2.24, 2.45) is 0 Å². The summed E-state index contributed by atoms with van der Waals surface area (Å²) in [6.45, 7) is 3.89. The minimum Gasteiger partial charge on any atom is -0.491 e. The van der Waals surface area contributed by atoms with E-state index >= 15 is 0 Å². The number of rotatable bonds is 3. The van der Waals surface area contributed by atoms with Crippen LogP contribution in [0.15, 0.2) is 30.5 Å². The molecule has 21 heavy (non-hydrogen) atoms. The Morgan fingerprint density at radius 1 is 1.38 bits per heavy atom. The molecular formula is C15H17FN4O. The monoisotopic (exact) mass is 288 g/mol. The van der Waals surface area contributed by atoms with Crippen LogP contribution in [-0.2, 0) is 0 Å². The lowest BCUT2D eigenvalue weighted by molar-refractivity contribution is 0.322. The van der Waals surface area contributed by atoms with Crippen LogP contribution < -0.4 is 15.0 Å². The molecule has 1 aliphatic heterocycles. The van der Waals surface area contributed by atoms with Crippen molar-refractivity contribution in [3.8, 4) is 5.75 Å². The molecule has 0 radical (unpaired) electrons. The third-order valence-electron chi connectivity index (χ3n) is 3.26. The smallest absolute Gasteiger partial charge is 0.224 e. The maximum absolute atomic E-state index is 14.2. The maximum atomic E-state index is 14.2. The third kappa shape index (κ3) is 2.74. The fourth-order valence-corrected chi connectivity index (χ4v) is 2.34. The number of nitrogens with one attached hydrogen (secondary N) is 1. The first-order valence-electron chi connectivity index (χ1n) is 7.05. The largest absolute Gasteiger partial charge is 0.491 e. The number of fused-ring (bicyclic) bond motifs is 1. The third-order valence-corrected chi connectivity index (χ3v) is 3.26. The molecule has 2 aromatic rings. The Kier molecular flexibility index (Phi) is 3.85. The molecular weight excluding hydrogens is 271 g/mol. The molecule has 2 heterocycles. The van der Waals surface area contributed by atoms with Crippen LogP contribution in [0.4, 0.5) is 21.8 Å². The Bertz CT molecular complexity index is 635. The number of hydrogen-bond donors (Lipinski definition) is 1. The standard InChI is InChI=1S/C15H17FN4O/c1-2-17-15-18-10-11(16)14(19-15)20-8-5-9-21-13-7-4-3-6-12(13)20/h3-4,6-7,10H,2,5,8-9H2,1H3,(H,17,18,19). The zero-order valence-electron chi connectivity index (χ0n) is 11.8. The Labute approximate surface area is 122 Å². The molecule has 0 saturated heterocycles. The van der Waals surface area contributed by atoms with Gasteiger partial charge in [0.15, 0.2) is 11.6 Å². The summed E-state index contributed by atoms with van der Waals surface area (Å²) in [6.07, 6.45) is 2.00. The van der Waals surface area contributed by atoms with E-state index in [1.165, 1.54) is 6.20 Å². The van der Waals surface area contributed by atoms with Crippen LogP contribution in [0.3, 0.4) is 0 Å². The fourth-order valence-electron chi connectivity index (χ4n) is 2.34. The molecule has 0 atom stereocenters. The van der Waals surface area contributed by atoms with Gasteiger partial charge in [-0.15, -0.1) is 0 Å². The number of ether oxygens (including phenoxy) is 1. The van der Waals surface area contributed by atoms with Crippen molar-refractivity contribution in [3.05, 3.63) is 36.3 Å². The summed E-state index contributed by atoms with van der Waals surface area (Å²) in [6, 6.07) is 7.61. The average Bonchev–Trinajstić information content (AvgIpc) is 2.72. The van der Waals surface area contributed by atoms with Crippen LogP contribution in [0.5, 0.6) is 5.75 Å². The molecule has 1 aliphatic rings. The normalized spacial score (nSPS) is 14.1. The number of anilines is 3. The first-order chi connectivity index (χ1) is 10.3. The van der Waals surface area contributed by atoms with Gasteiger partial charge in [-0.05, 0) is 25.5 Å². The van der Waals surface area contributed by atoms with Crippen molar-refractivity contribution in [3.63, 3.8) is 0 Å². The van der Waals surface area contributed by atoms with E-state index in [4.69, 9.17) is 4.74 Å². The molecule has 1 aromatic carbocycles. The van der Waals surface area contributed by atoms with E-state index in [2.05, 4.69) is 15.3 Å². The van der Waals surface area contributed by atoms with Crippen LogP contribution in [0.2, 0.25) is 0 Å². The van der Waals surface area contributed by atoms with E-state index in [0.29, 0.717) is 25.6 Å². The lowest BCUT2D eigenvalue weighted by Gasteiger charge is -2.23. The summed E-state index contributed by atoms with van der Waals surface area (Å²) < 4.78 is 19.9. The SMILES string of the molecule is CCNc1ncc(F)c(N2CCCOc3ccccc32)n1. The van der Waals surface area contributed by atoms with Gasteiger partial charge in [-0.2, -0.15) is 4.98 Å². The van der Waals surface area contributed by atoms with Crippen molar-refractivity contribution in [1.82, 2.24) is 9.97 Å². The molecule has 0 amide bonds. The van der Waals surface area contributed by atoms with Gasteiger partial charge in [0.05, 0.1) is 18.5 Å². The molecule has 0 spiro atoms. The second-order valence-corrected chi connectivity index (χ2v) is 4.72. The van der Waals surface area contributed by atoms with Gasteiger partial charge in [0, 0.05) is 13.1 Å². The lowest BCUT2D eigenvalue weighted by atomic mass is 10.2. The molecule has 3 rings (SSSR count). The second-order valence-electron chi connectivity index (χ2n) is 4.72.